The third-order valence-corrected chi connectivity index (χ3v) is 6.65. The number of aryl methyl sites for hydroxylation is 1. The largest absolute Gasteiger partial charge is 0.284 e. The predicted molar refractivity (Wildman–Crippen MR) is 115 cm³/mol. The van der Waals surface area contributed by atoms with E-state index in [1.807, 2.05) is 36.4 Å². The molecule has 0 unspecified atom stereocenters. The maximum Gasteiger partial charge on any atom is 0.284 e. The number of fused-ring (bicyclic) bond motifs is 1. The van der Waals surface area contributed by atoms with Crippen LogP contribution >= 0.6 is 0 Å². The summed E-state index contributed by atoms with van der Waals surface area (Å²) in [5.74, 6) is 0. The van der Waals surface area contributed by atoms with E-state index in [2.05, 4.69) is 29.4 Å². The van der Waals surface area contributed by atoms with E-state index in [0.717, 1.165) is 21.5 Å². The zero-order valence-electron chi connectivity index (χ0n) is 16.3. The molecule has 0 aliphatic carbocycles. The lowest BCUT2D eigenvalue weighted by molar-refractivity contribution is 0.578. The van der Waals surface area contributed by atoms with Crippen molar-refractivity contribution in [3.05, 3.63) is 78.5 Å². The van der Waals surface area contributed by atoms with Crippen molar-refractivity contribution in [3.63, 3.8) is 0 Å². The Morgan fingerprint density at radius 3 is 2.45 bits per heavy atom. The number of unbranched alkanes of at least 4 members (excludes halogenated alkanes) is 2. The molecule has 1 aromatic heterocycles. The molecule has 5 nitrogen and oxygen atoms in total. The van der Waals surface area contributed by atoms with Gasteiger partial charge >= 0.3 is 0 Å². The van der Waals surface area contributed by atoms with Gasteiger partial charge in [-0.25, -0.2) is 0 Å². The number of rotatable bonds is 7. The molecule has 0 spiro atoms. The van der Waals surface area contributed by atoms with Crippen molar-refractivity contribution in [2.75, 3.05) is 0 Å². The first kappa shape index (κ1) is 19.3. The quantitative estimate of drug-likeness (QED) is 0.403. The van der Waals surface area contributed by atoms with Crippen LogP contribution in [-0.2, 0) is 16.4 Å². The summed E-state index contributed by atoms with van der Waals surface area (Å²) in [5, 5.41) is 9.54. The van der Waals surface area contributed by atoms with E-state index in [-0.39, 0.29) is 4.90 Å². The molecule has 0 atom stereocenters. The van der Waals surface area contributed by atoms with Gasteiger partial charge in [-0.3, -0.25) is 0 Å². The summed E-state index contributed by atoms with van der Waals surface area (Å²) in [7, 11) is -3.83. The molecule has 0 N–H and O–H groups in total. The second kappa shape index (κ2) is 8.17. The second-order valence-corrected chi connectivity index (χ2v) is 8.88. The number of benzene rings is 3. The summed E-state index contributed by atoms with van der Waals surface area (Å²) in [6, 6.07) is 20.7. The number of aromatic nitrogens is 3. The first-order chi connectivity index (χ1) is 14.1. The van der Waals surface area contributed by atoms with Gasteiger partial charge in [0, 0.05) is 10.9 Å². The van der Waals surface area contributed by atoms with Gasteiger partial charge in [0.2, 0.25) is 0 Å². The van der Waals surface area contributed by atoms with Crippen molar-refractivity contribution in [1.29, 1.82) is 0 Å². The first-order valence-electron chi connectivity index (χ1n) is 9.84. The highest BCUT2D eigenvalue weighted by molar-refractivity contribution is 7.90. The zero-order chi connectivity index (χ0) is 20.3. The lowest BCUT2D eigenvalue weighted by Gasteiger charge is -2.07. The van der Waals surface area contributed by atoms with Crippen molar-refractivity contribution >= 4 is 20.8 Å². The van der Waals surface area contributed by atoms with Crippen molar-refractivity contribution in [1.82, 2.24) is 14.4 Å². The summed E-state index contributed by atoms with van der Waals surface area (Å²) < 4.78 is 27.3. The van der Waals surface area contributed by atoms with Gasteiger partial charge in [-0.1, -0.05) is 85.6 Å². The highest BCUT2D eigenvalue weighted by Gasteiger charge is 2.21. The maximum absolute atomic E-state index is 13.2. The Morgan fingerprint density at radius 2 is 1.66 bits per heavy atom. The average Bonchev–Trinajstić information content (AvgIpc) is 3.25. The SMILES string of the molecule is CCCCCc1ccc(-c2cn(S(=O)(=O)c3cccc4ccccc34)nn2)cc1. The minimum absolute atomic E-state index is 0.221. The van der Waals surface area contributed by atoms with Crippen LogP contribution in [0, 0.1) is 0 Å². The minimum atomic E-state index is -3.83. The molecule has 6 heteroatoms. The highest BCUT2D eigenvalue weighted by Crippen LogP contribution is 2.25. The molecule has 0 amide bonds. The van der Waals surface area contributed by atoms with Gasteiger partial charge in [0.1, 0.15) is 5.69 Å². The van der Waals surface area contributed by atoms with Gasteiger partial charge in [0.15, 0.2) is 0 Å². The smallest absolute Gasteiger partial charge is 0.199 e. The van der Waals surface area contributed by atoms with Crippen LogP contribution in [0.4, 0.5) is 0 Å². The molecule has 0 aliphatic rings. The fraction of sp³-hybridized carbons (Fsp3) is 0.217. The van der Waals surface area contributed by atoms with Crippen molar-refractivity contribution in [3.8, 4) is 11.3 Å². The van der Waals surface area contributed by atoms with Gasteiger partial charge in [-0.15, -0.1) is 9.19 Å². The first-order valence-corrected chi connectivity index (χ1v) is 11.3. The zero-order valence-corrected chi connectivity index (χ0v) is 17.1. The molecule has 4 aromatic rings. The summed E-state index contributed by atoms with van der Waals surface area (Å²) in [4.78, 5) is 0.221. The molecule has 0 fully saturated rings. The summed E-state index contributed by atoms with van der Waals surface area (Å²) >= 11 is 0. The van der Waals surface area contributed by atoms with Crippen molar-refractivity contribution in [2.45, 2.75) is 37.5 Å². The van der Waals surface area contributed by atoms with E-state index in [9.17, 15) is 8.42 Å². The lowest BCUT2D eigenvalue weighted by atomic mass is 10.0. The summed E-state index contributed by atoms with van der Waals surface area (Å²) in [5.41, 5.74) is 2.66. The molecule has 1 heterocycles. The molecule has 29 heavy (non-hydrogen) atoms. The second-order valence-electron chi connectivity index (χ2n) is 7.11. The predicted octanol–water partition coefficient (Wildman–Crippen LogP) is 5.07. The van der Waals surface area contributed by atoms with Gasteiger partial charge in [-0.2, -0.15) is 8.42 Å². The molecular weight excluding hydrogens is 382 g/mol. The van der Waals surface area contributed by atoms with E-state index >= 15 is 0 Å². The molecule has 0 saturated heterocycles. The Morgan fingerprint density at radius 1 is 0.897 bits per heavy atom. The monoisotopic (exact) mass is 405 g/mol. The number of hydrogen-bond acceptors (Lipinski definition) is 4. The molecule has 0 saturated carbocycles. The molecular formula is C23H23N3O2S. The van der Waals surface area contributed by atoms with E-state index < -0.39 is 10.0 Å². The molecule has 0 bridgehead atoms. The van der Waals surface area contributed by atoms with Crippen LogP contribution in [0.15, 0.2) is 77.8 Å². The van der Waals surface area contributed by atoms with Crippen LogP contribution in [0.2, 0.25) is 0 Å². The third kappa shape index (κ3) is 3.93. The topological polar surface area (TPSA) is 64.8 Å². The molecule has 3 aromatic carbocycles. The standard InChI is InChI=1S/C23H23N3O2S/c1-2-3-4-8-18-13-15-20(16-14-18)22-17-26(25-24-22)29(27,28)23-12-7-10-19-9-5-6-11-21(19)23/h5-7,9-17H,2-4,8H2,1H3. The maximum atomic E-state index is 13.2. The number of hydrogen-bond donors (Lipinski definition) is 0. The number of nitrogens with zero attached hydrogens (tertiary/aromatic N) is 3. The van der Waals surface area contributed by atoms with Gasteiger partial charge in [0.25, 0.3) is 10.0 Å². The van der Waals surface area contributed by atoms with Crippen LogP contribution in [0.5, 0.6) is 0 Å². The summed E-state index contributed by atoms with van der Waals surface area (Å²) in [6.45, 7) is 2.19. The van der Waals surface area contributed by atoms with Crippen molar-refractivity contribution in [2.24, 2.45) is 0 Å². The normalized spacial score (nSPS) is 11.8. The van der Waals surface area contributed by atoms with Crippen molar-refractivity contribution < 1.29 is 8.42 Å². The van der Waals surface area contributed by atoms with E-state index in [1.54, 1.807) is 18.2 Å². The third-order valence-electron chi connectivity index (χ3n) is 5.07. The van der Waals surface area contributed by atoms with Crippen LogP contribution in [0.3, 0.4) is 0 Å². The van der Waals surface area contributed by atoms with Crippen LogP contribution in [0.25, 0.3) is 22.0 Å². The lowest BCUT2D eigenvalue weighted by Crippen LogP contribution is -2.14. The van der Waals surface area contributed by atoms with Gasteiger partial charge < -0.3 is 0 Å². The molecule has 4 rings (SSSR count). The van der Waals surface area contributed by atoms with E-state index in [4.69, 9.17) is 0 Å². The van der Waals surface area contributed by atoms with Gasteiger partial charge in [-0.05, 0) is 29.9 Å². The van der Waals surface area contributed by atoms with E-state index in [1.165, 1.54) is 31.0 Å². The highest BCUT2D eigenvalue weighted by atomic mass is 32.2. The Balaban J connectivity index is 1.63. The Labute approximate surface area is 171 Å². The average molecular weight is 406 g/mol. The molecule has 0 radical (unpaired) electrons. The Bertz CT molecular complexity index is 1220. The molecule has 0 aliphatic heterocycles. The van der Waals surface area contributed by atoms with Crippen LogP contribution in [-0.4, -0.2) is 22.8 Å². The van der Waals surface area contributed by atoms with E-state index in [0.29, 0.717) is 11.1 Å². The fourth-order valence-corrected chi connectivity index (χ4v) is 4.73. The molecule has 148 valence electrons. The summed E-state index contributed by atoms with van der Waals surface area (Å²) in [6.07, 6.45) is 6.13. The van der Waals surface area contributed by atoms with Crippen LogP contribution in [0.1, 0.15) is 31.7 Å². The van der Waals surface area contributed by atoms with Crippen LogP contribution < -0.4 is 0 Å². The Hall–Kier alpha value is -2.99. The minimum Gasteiger partial charge on any atom is -0.199 e. The van der Waals surface area contributed by atoms with Gasteiger partial charge in [0.05, 0.1) is 11.1 Å². The fourth-order valence-electron chi connectivity index (χ4n) is 3.44. The Kier molecular flexibility index (Phi) is 5.45.